The Kier molecular flexibility index (Phi) is 6.02. The summed E-state index contributed by atoms with van der Waals surface area (Å²) in [4.78, 5) is 28.3. The predicted molar refractivity (Wildman–Crippen MR) is 98.5 cm³/mol. The lowest BCUT2D eigenvalue weighted by molar-refractivity contribution is -0.148. The van der Waals surface area contributed by atoms with E-state index >= 15 is 0 Å². The number of aryl methyl sites for hydroxylation is 1. The van der Waals surface area contributed by atoms with E-state index in [2.05, 4.69) is 17.2 Å². The molecule has 0 bridgehead atoms. The molecule has 0 spiro atoms. The van der Waals surface area contributed by atoms with Crippen LogP contribution in [0.3, 0.4) is 0 Å². The zero-order chi connectivity index (χ0) is 17.6. The van der Waals surface area contributed by atoms with Crippen LogP contribution in [0.2, 0.25) is 0 Å². The Morgan fingerprint density at radius 1 is 1.28 bits per heavy atom. The van der Waals surface area contributed by atoms with E-state index < -0.39 is 0 Å². The topological polar surface area (TPSA) is 68.3 Å². The van der Waals surface area contributed by atoms with Crippen LogP contribution in [0.5, 0.6) is 0 Å². The van der Waals surface area contributed by atoms with Crippen molar-refractivity contribution in [2.75, 3.05) is 6.61 Å². The third-order valence-corrected chi connectivity index (χ3v) is 5.80. The number of hydrogen-bond donors (Lipinski definition) is 1. The molecule has 2 atom stereocenters. The fourth-order valence-corrected chi connectivity index (χ4v) is 4.20. The summed E-state index contributed by atoms with van der Waals surface area (Å²) in [6.07, 6.45) is 5.32. The van der Waals surface area contributed by atoms with E-state index in [-0.39, 0.29) is 30.9 Å². The number of benzene rings is 1. The number of esters is 1. The minimum atomic E-state index is -0.355. The predicted octanol–water partition coefficient (Wildman–Crippen LogP) is 3.47. The third-order valence-electron chi connectivity index (χ3n) is 4.70. The SMILES string of the molecule is C[C@@H]1CCCC[C@@H]1NC(=O)COC(=O)CCc1nc2ccccc2s1. The minimum Gasteiger partial charge on any atom is -0.456 e. The van der Waals surface area contributed by atoms with Crippen LogP contribution in [0, 0.1) is 5.92 Å². The summed E-state index contributed by atoms with van der Waals surface area (Å²) in [5.41, 5.74) is 0.955. The van der Waals surface area contributed by atoms with E-state index in [9.17, 15) is 9.59 Å². The molecule has 1 aromatic carbocycles. The van der Waals surface area contributed by atoms with Gasteiger partial charge in [-0.05, 0) is 30.9 Å². The molecule has 6 heteroatoms. The first-order chi connectivity index (χ1) is 12.1. The van der Waals surface area contributed by atoms with Crippen molar-refractivity contribution in [2.24, 2.45) is 5.92 Å². The Bertz CT molecular complexity index is 710. The molecule has 1 aliphatic rings. The van der Waals surface area contributed by atoms with Gasteiger partial charge in [-0.1, -0.05) is 31.9 Å². The van der Waals surface area contributed by atoms with E-state index in [1.807, 2.05) is 24.3 Å². The first kappa shape index (κ1) is 17.9. The first-order valence-electron chi connectivity index (χ1n) is 8.91. The summed E-state index contributed by atoms with van der Waals surface area (Å²) in [5.74, 6) is -0.0642. The molecule has 5 nitrogen and oxygen atoms in total. The van der Waals surface area contributed by atoms with Crippen molar-refractivity contribution in [1.29, 1.82) is 0 Å². The first-order valence-corrected chi connectivity index (χ1v) is 9.73. The molecule has 1 heterocycles. The van der Waals surface area contributed by atoms with Crippen LogP contribution >= 0.6 is 11.3 Å². The van der Waals surface area contributed by atoms with Crippen molar-refractivity contribution in [3.05, 3.63) is 29.3 Å². The van der Waals surface area contributed by atoms with Crippen molar-refractivity contribution in [3.8, 4) is 0 Å². The molecular weight excluding hydrogens is 336 g/mol. The summed E-state index contributed by atoms with van der Waals surface area (Å²) in [6, 6.07) is 8.12. The lowest BCUT2D eigenvalue weighted by Crippen LogP contribution is -2.42. The Labute approximate surface area is 151 Å². The molecule has 0 saturated heterocycles. The Morgan fingerprint density at radius 2 is 2.08 bits per heavy atom. The molecule has 0 radical (unpaired) electrons. The molecule has 1 aliphatic carbocycles. The highest BCUT2D eigenvalue weighted by Gasteiger charge is 2.23. The van der Waals surface area contributed by atoms with Crippen LogP contribution in [0.15, 0.2) is 24.3 Å². The van der Waals surface area contributed by atoms with Crippen LogP contribution in [-0.2, 0) is 20.7 Å². The largest absolute Gasteiger partial charge is 0.456 e. The maximum absolute atomic E-state index is 12.0. The molecular formula is C19H24N2O3S. The molecule has 1 fully saturated rings. The number of para-hydroxylation sites is 1. The highest BCUT2D eigenvalue weighted by molar-refractivity contribution is 7.18. The molecule has 134 valence electrons. The van der Waals surface area contributed by atoms with E-state index in [1.54, 1.807) is 11.3 Å². The van der Waals surface area contributed by atoms with Gasteiger partial charge < -0.3 is 10.1 Å². The van der Waals surface area contributed by atoms with Crippen LogP contribution in [0.4, 0.5) is 0 Å². The highest BCUT2D eigenvalue weighted by atomic mass is 32.1. The lowest BCUT2D eigenvalue weighted by atomic mass is 9.86. The molecule has 1 N–H and O–H groups in total. The zero-order valence-corrected chi connectivity index (χ0v) is 15.3. The average molecular weight is 360 g/mol. The number of aromatic nitrogens is 1. The van der Waals surface area contributed by atoms with Gasteiger partial charge in [-0.2, -0.15) is 0 Å². The van der Waals surface area contributed by atoms with Gasteiger partial charge in [-0.15, -0.1) is 11.3 Å². The average Bonchev–Trinajstić information content (AvgIpc) is 3.03. The third kappa shape index (κ3) is 5.01. The Hall–Kier alpha value is -1.95. The van der Waals surface area contributed by atoms with E-state index in [0.717, 1.165) is 34.5 Å². The number of fused-ring (bicyclic) bond motifs is 1. The second-order valence-corrected chi connectivity index (χ2v) is 7.79. The number of nitrogens with zero attached hydrogens (tertiary/aromatic N) is 1. The molecule has 0 aliphatic heterocycles. The Morgan fingerprint density at radius 3 is 2.88 bits per heavy atom. The summed E-state index contributed by atoms with van der Waals surface area (Å²) in [5, 5.41) is 3.90. The van der Waals surface area contributed by atoms with Crippen molar-refractivity contribution in [2.45, 2.75) is 51.5 Å². The second-order valence-electron chi connectivity index (χ2n) is 6.67. The van der Waals surface area contributed by atoms with Crippen molar-refractivity contribution in [1.82, 2.24) is 10.3 Å². The maximum Gasteiger partial charge on any atom is 0.306 e. The van der Waals surface area contributed by atoms with Gasteiger partial charge in [-0.3, -0.25) is 9.59 Å². The molecule has 1 saturated carbocycles. The summed E-state index contributed by atoms with van der Waals surface area (Å²) in [7, 11) is 0. The number of carbonyl (C=O) groups is 2. The number of hydrogen-bond acceptors (Lipinski definition) is 5. The van der Waals surface area contributed by atoms with Gasteiger partial charge in [0.1, 0.15) is 0 Å². The number of rotatable bonds is 6. The maximum atomic E-state index is 12.0. The van der Waals surface area contributed by atoms with Crippen molar-refractivity contribution < 1.29 is 14.3 Å². The second kappa shape index (κ2) is 8.43. The monoisotopic (exact) mass is 360 g/mol. The molecule has 1 aromatic heterocycles. The number of amides is 1. The summed E-state index contributed by atoms with van der Waals surface area (Å²) < 4.78 is 6.22. The normalized spacial score (nSPS) is 20.4. The standard InChI is InChI=1S/C19H24N2O3S/c1-13-6-2-3-7-14(13)20-17(22)12-24-19(23)11-10-18-21-15-8-4-5-9-16(15)25-18/h4-5,8-9,13-14H,2-3,6-7,10-12H2,1H3,(H,20,22)/t13-,14+/m1/s1. The molecule has 25 heavy (non-hydrogen) atoms. The number of carbonyl (C=O) groups excluding carboxylic acids is 2. The van der Waals surface area contributed by atoms with E-state index in [0.29, 0.717) is 12.3 Å². The quantitative estimate of drug-likeness (QED) is 0.801. The van der Waals surface area contributed by atoms with Crippen LogP contribution in [0.1, 0.15) is 44.0 Å². The molecule has 2 aromatic rings. The summed E-state index contributed by atoms with van der Waals surface area (Å²) in [6.45, 7) is 1.97. The number of nitrogens with one attached hydrogen (secondary N) is 1. The van der Waals surface area contributed by atoms with Gasteiger partial charge in [0.15, 0.2) is 6.61 Å². The van der Waals surface area contributed by atoms with E-state index in [1.165, 1.54) is 6.42 Å². The zero-order valence-electron chi connectivity index (χ0n) is 14.5. The van der Waals surface area contributed by atoms with Crippen LogP contribution in [-0.4, -0.2) is 29.5 Å². The van der Waals surface area contributed by atoms with Gasteiger partial charge in [0.05, 0.1) is 21.6 Å². The minimum absolute atomic E-state index is 0.193. The van der Waals surface area contributed by atoms with Gasteiger partial charge in [0.2, 0.25) is 0 Å². The highest BCUT2D eigenvalue weighted by Crippen LogP contribution is 2.24. The molecule has 1 amide bonds. The van der Waals surface area contributed by atoms with Crippen LogP contribution in [0.25, 0.3) is 10.2 Å². The Balaban J connectivity index is 1.39. The summed E-state index contributed by atoms with van der Waals surface area (Å²) >= 11 is 1.59. The van der Waals surface area contributed by atoms with E-state index in [4.69, 9.17) is 4.74 Å². The fourth-order valence-electron chi connectivity index (χ4n) is 3.23. The van der Waals surface area contributed by atoms with Gasteiger partial charge in [0.25, 0.3) is 5.91 Å². The lowest BCUT2D eigenvalue weighted by Gasteiger charge is -2.29. The van der Waals surface area contributed by atoms with Crippen molar-refractivity contribution >= 4 is 33.4 Å². The molecule has 3 rings (SSSR count). The molecule has 0 unspecified atom stereocenters. The number of ether oxygens (including phenoxy) is 1. The number of thiazole rings is 1. The van der Waals surface area contributed by atoms with Crippen molar-refractivity contribution in [3.63, 3.8) is 0 Å². The fraction of sp³-hybridized carbons (Fsp3) is 0.526. The van der Waals surface area contributed by atoms with Gasteiger partial charge in [0, 0.05) is 12.5 Å². The van der Waals surface area contributed by atoms with Gasteiger partial charge in [-0.25, -0.2) is 4.98 Å². The smallest absolute Gasteiger partial charge is 0.306 e. The van der Waals surface area contributed by atoms with Crippen LogP contribution < -0.4 is 5.32 Å². The van der Waals surface area contributed by atoms with Gasteiger partial charge >= 0.3 is 5.97 Å².